The predicted octanol–water partition coefficient (Wildman–Crippen LogP) is 12.3. The second-order valence-corrected chi connectivity index (χ2v) is 19.5. The van der Waals surface area contributed by atoms with Gasteiger partial charge in [0.2, 0.25) is 0 Å². The topological polar surface area (TPSA) is 94.6 Å². The van der Waals surface area contributed by atoms with Gasteiger partial charge in [0.1, 0.15) is 11.5 Å². The van der Waals surface area contributed by atoms with E-state index in [1.807, 2.05) is 19.3 Å². The van der Waals surface area contributed by atoms with E-state index in [-0.39, 0.29) is 28.9 Å². The third kappa shape index (κ3) is 9.68. The van der Waals surface area contributed by atoms with Gasteiger partial charge in [-0.3, -0.25) is 14.8 Å². The molecule has 10 rings (SSSR count). The van der Waals surface area contributed by atoms with Crippen LogP contribution in [0.15, 0.2) is 122 Å². The van der Waals surface area contributed by atoms with Crippen LogP contribution in [-0.2, 0) is 33.7 Å². The van der Waals surface area contributed by atoms with Gasteiger partial charge in [-0.1, -0.05) is 79.7 Å². The van der Waals surface area contributed by atoms with Crippen molar-refractivity contribution in [2.24, 2.45) is 0 Å². The molecule has 0 saturated heterocycles. The molecule has 4 aliphatic carbocycles. The summed E-state index contributed by atoms with van der Waals surface area (Å²) in [4.78, 5) is 22.2. The smallest absolute Gasteiger partial charge is 0.305 e. The predicted molar refractivity (Wildman–Crippen MR) is 262 cm³/mol. The highest BCUT2D eigenvalue weighted by molar-refractivity contribution is 5.76. The third-order valence-electron chi connectivity index (χ3n) is 14.7. The standard InChI is InChI=1S/C58H64N4O4/c1-5-64-56(63)23-22-47(42-17-15-39(3)44(33-42)35-62-58(28-29-58)53-37-60-31-25-49(53)51-11-7-9-13-55(51)66-46-20-21-46)40(4)41-16-14-38(2)43(32-41)34-61-57(26-27-57)52-36-59-30-24-48(52)50-10-6-8-12-54(50)65-45-18-19-45/h6-17,24-25,30-33,36-37,40,45-47,61-62H,5,18-23,26-29,34-35H2,1-4H3. The van der Waals surface area contributed by atoms with Crippen LogP contribution in [0.3, 0.4) is 0 Å². The number of nitrogens with zero attached hydrogens (tertiary/aromatic N) is 2. The third-order valence-corrected chi connectivity index (χ3v) is 14.7. The molecule has 8 nitrogen and oxygen atoms in total. The van der Waals surface area contributed by atoms with Crippen LogP contribution < -0.4 is 20.1 Å². The maximum atomic E-state index is 12.9. The summed E-state index contributed by atoms with van der Waals surface area (Å²) in [6, 6.07) is 35.1. The van der Waals surface area contributed by atoms with Crippen molar-refractivity contribution >= 4 is 5.97 Å². The second-order valence-electron chi connectivity index (χ2n) is 19.5. The Morgan fingerprint density at radius 2 is 1.14 bits per heavy atom. The van der Waals surface area contributed by atoms with Gasteiger partial charge in [0.05, 0.1) is 18.8 Å². The van der Waals surface area contributed by atoms with E-state index in [9.17, 15) is 4.79 Å². The minimum absolute atomic E-state index is 0.103. The van der Waals surface area contributed by atoms with Crippen molar-refractivity contribution in [3.63, 3.8) is 0 Å². The molecule has 2 atom stereocenters. The van der Waals surface area contributed by atoms with Crippen LogP contribution in [0, 0.1) is 13.8 Å². The molecule has 4 aliphatic rings. The van der Waals surface area contributed by atoms with E-state index >= 15 is 0 Å². The molecule has 4 aromatic carbocycles. The van der Waals surface area contributed by atoms with Gasteiger partial charge in [0.25, 0.3) is 0 Å². The van der Waals surface area contributed by atoms with Crippen LogP contribution in [0.25, 0.3) is 22.3 Å². The van der Waals surface area contributed by atoms with Gasteiger partial charge < -0.3 is 24.8 Å². The highest BCUT2D eigenvalue weighted by Gasteiger charge is 2.47. The maximum Gasteiger partial charge on any atom is 0.305 e. The fourth-order valence-corrected chi connectivity index (χ4v) is 9.92. The number of carbonyl (C=O) groups is 1. The summed E-state index contributed by atoms with van der Waals surface area (Å²) in [5, 5.41) is 8.06. The van der Waals surface area contributed by atoms with E-state index in [1.54, 1.807) is 0 Å². The van der Waals surface area contributed by atoms with E-state index in [4.69, 9.17) is 14.2 Å². The Bertz CT molecular complexity index is 2700. The lowest BCUT2D eigenvalue weighted by atomic mass is 9.78. The molecule has 2 unspecified atom stereocenters. The normalized spacial score (nSPS) is 17.7. The van der Waals surface area contributed by atoms with Gasteiger partial charge in [-0.15, -0.1) is 0 Å². The molecule has 66 heavy (non-hydrogen) atoms. The molecule has 0 bridgehead atoms. The maximum absolute atomic E-state index is 12.9. The van der Waals surface area contributed by atoms with Crippen LogP contribution in [0.2, 0.25) is 0 Å². The van der Waals surface area contributed by atoms with Gasteiger partial charge in [-0.25, -0.2) is 0 Å². The summed E-state index contributed by atoms with van der Waals surface area (Å²) in [5.74, 6) is 2.02. The summed E-state index contributed by atoms with van der Waals surface area (Å²) < 4.78 is 18.2. The lowest BCUT2D eigenvalue weighted by Crippen LogP contribution is -2.29. The van der Waals surface area contributed by atoms with E-state index in [2.05, 4.69) is 151 Å². The molecular weight excluding hydrogens is 817 g/mol. The highest BCUT2D eigenvalue weighted by atomic mass is 16.5. The van der Waals surface area contributed by atoms with Gasteiger partial charge in [-0.05, 0) is 170 Å². The van der Waals surface area contributed by atoms with E-state index < -0.39 is 0 Å². The summed E-state index contributed by atoms with van der Waals surface area (Å²) in [7, 11) is 0. The van der Waals surface area contributed by atoms with E-state index in [1.165, 1.54) is 55.6 Å². The number of para-hydroxylation sites is 2. The number of aromatic nitrogens is 2. The highest BCUT2D eigenvalue weighted by Crippen LogP contribution is 2.52. The Morgan fingerprint density at radius 1 is 0.652 bits per heavy atom. The van der Waals surface area contributed by atoms with Crippen LogP contribution in [-0.4, -0.2) is 34.8 Å². The van der Waals surface area contributed by atoms with Gasteiger partial charge in [0.15, 0.2) is 0 Å². The molecule has 6 aromatic rings. The fraction of sp³-hybridized carbons (Fsp3) is 0.397. The average molecular weight is 881 g/mol. The Balaban J connectivity index is 0.884. The Kier molecular flexibility index (Phi) is 12.5. The molecule has 0 radical (unpaired) electrons. The number of hydrogen-bond donors (Lipinski definition) is 2. The molecule has 0 aliphatic heterocycles. The van der Waals surface area contributed by atoms with E-state index in [0.717, 1.165) is 87.1 Å². The number of carbonyl (C=O) groups excluding carboxylic acids is 1. The minimum Gasteiger partial charge on any atom is -0.490 e. The molecule has 8 heteroatoms. The fourth-order valence-electron chi connectivity index (χ4n) is 9.92. The largest absolute Gasteiger partial charge is 0.490 e. The molecule has 0 spiro atoms. The minimum atomic E-state index is -0.158. The van der Waals surface area contributed by atoms with Crippen LogP contribution >= 0.6 is 0 Å². The number of rotatable bonds is 21. The number of hydrogen-bond acceptors (Lipinski definition) is 8. The first-order valence-electron chi connectivity index (χ1n) is 24.5. The number of nitrogens with one attached hydrogen (secondary N) is 2. The molecule has 2 heterocycles. The lowest BCUT2D eigenvalue weighted by Gasteiger charge is -2.28. The van der Waals surface area contributed by atoms with Crippen molar-refractivity contribution in [1.82, 2.24) is 20.6 Å². The van der Waals surface area contributed by atoms with Crippen LogP contribution in [0.5, 0.6) is 11.5 Å². The first kappa shape index (κ1) is 44.0. The average Bonchev–Trinajstić information content (AvgIpc) is 4.11. The number of aryl methyl sites for hydroxylation is 2. The number of esters is 1. The SMILES string of the molecule is CCOC(=O)CCC(c1ccc(C)c(CNC2(c3cnccc3-c3ccccc3OC3CC3)CC2)c1)C(C)c1ccc(C)c(CNC2(c3cnccc3-c3ccccc3OC3CC3)CC2)c1. The first-order chi connectivity index (χ1) is 32.2. The zero-order chi connectivity index (χ0) is 45.3. The van der Waals surface area contributed by atoms with Gasteiger partial charge in [-0.2, -0.15) is 0 Å². The van der Waals surface area contributed by atoms with Crippen molar-refractivity contribution in [2.75, 3.05) is 6.61 Å². The molecule has 2 N–H and O–H groups in total. The molecule has 4 saturated carbocycles. The zero-order valence-electron chi connectivity index (χ0n) is 39.1. The van der Waals surface area contributed by atoms with Crippen molar-refractivity contribution in [1.29, 1.82) is 0 Å². The number of benzene rings is 4. The number of ether oxygens (including phenoxy) is 3. The first-order valence-corrected chi connectivity index (χ1v) is 24.5. The molecule has 0 amide bonds. The van der Waals surface area contributed by atoms with E-state index in [0.29, 0.717) is 31.7 Å². The Hall–Kier alpha value is -5.83. The Morgan fingerprint density at radius 3 is 1.62 bits per heavy atom. The van der Waals surface area contributed by atoms with Crippen molar-refractivity contribution in [3.05, 3.63) is 166 Å². The lowest BCUT2D eigenvalue weighted by molar-refractivity contribution is -0.143. The van der Waals surface area contributed by atoms with Crippen LogP contribution in [0.1, 0.15) is 134 Å². The van der Waals surface area contributed by atoms with Gasteiger partial charge >= 0.3 is 5.97 Å². The molecule has 2 aromatic heterocycles. The summed E-state index contributed by atoms with van der Waals surface area (Å²) in [6.07, 6.45) is 18.3. The molecular formula is C58H64N4O4. The zero-order valence-corrected chi connectivity index (χ0v) is 39.1. The molecule has 340 valence electrons. The summed E-state index contributed by atoms with van der Waals surface area (Å²) in [5.41, 5.74) is 14.4. The Labute approximate surface area is 390 Å². The van der Waals surface area contributed by atoms with Crippen molar-refractivity contribution in [2.45, 2.75) is 140 Å². The van der Waals surface area contributed by atoms with Gasteiger partial charge in [0, 0.05) is 66.5 Å². The monoisotopic (exact) mass is 880 g/mol. The summed E-state index contributed by atoms with van der Waals surface area (Å²) >= 11 is 0. The summed E-state index contributed by atoms with van der Waals surface area (Å²) in [6.45, 7) is 10.5. The van der Waals surface area contributed by atoms with Crippen LogP contribution in [0.4, 0.5) is 0 Å². The molecule has 4 fully saturated rings. The quantitative estimate of drug-likeness (QED) is 0.0691. The number of pyridine rings is 2. The van der Waals surface area contributed by atoms with Crippen molar-refractivity contribution in [3.8, 4) is 33.8 Å². The second kappa shape index (κ2) is 18.8. The van der Waals surface area contributed by atoms with Crippen molar-refractivity contribution < 1.29 is 19.0 Å².